The summed E-state index contributed by atoms with van der Waals surface area (Å²) in [6, 6.07) is 7.97. The molecule has 0 saturated carbocycles. The van der Waals surface area contributed by atoms with Gasteiger partial charge in [0.25, 0.3) is 0 Å². The summed E-state index contributed by atoms with van der Waals surface area (Å²) in [4.78, 5) is 13.4. The molecule has 21 heavy (non-hydrogen) atoms. The van der Waals surface area contributed by atoms with Gasteiger partial charge in [0, 0.05) is 25.0 Å². The third kappa shape index (κ3) is 2.29. The van der Waals surface area contributed by atoms with Crippen LogP contribution in [0.3, 0.4) is 0 Å². The van der Waals surface area contributed by atoms with Crippen LogP contribution in [0.5, 0.6) is 0 Å². The van der Waals surface area contributed by atoms with Crippen molar-refractivity contribution in [2.45, 2.75) is 12.8 Å². The maximum absolute atomic E-state index is 4.80. The lowest BCUT2D eigenvalue weighted by Gasteiger charge is -2.11. The number of aromatic nitrogens is 4. The standard InChI is InChI=1S/C16H17N5/c1-2-14-16(19-6-1)21(13-4-8-17-9-5-13)15(20-14)10-12-3-7-18-11-12/h1-2,4-6,8-9,12,18H,3,7,10-11H2. The van der Waals surface area contributed by atoms with Gasteiger partial charge in [0.1, 0.15) is 11.3 Å². The second kappa shape index (κ2) is 5.26. The quantitative estimate of drug-likeness (QED) is 0.796. The zero-order valence-electron chi connectivity index (χ0n) is 11.7. The lowest BCUT2D eigenvalue weighted by molar-refractivity contribution is 0.558. The molecule has 1 atom stereocenters. The minimum absolute atomic E-state index is 0.655. The van der Waals surface area contributed by atoms with Crippen molar-refractivity contribution >= 4 is 11.2 Å². The van der Waals surface area contributed by atoms with Crippen LogP contribution in [0.15, 0.2) is 42.9 Å². The Morgan fingerprint density at radius 3 is 2.90 bits per heavy atom. The molecule has 0 aromatic carbocycles. The van der Waals surface area contributed by atoms with Crippen LogP contribution in [0.25, 0.3) is 16.9 Å². The molecule has 5 heteroatoms. The van der Waals surface area contributed by atoms with Crippen molar-refractivity contribution in [2.24, 2.45) is 5.92 Å². The summed E-state index contributed by atoms with van der Waals surface area (Å²) in [5.41, 5.74) is 2.95. The molecule has 1 unspecified atom stereocenters. The van der Waals surface area contributed by atoms with Gasteiger partial charge in [-0.25, -0.2) is 9.97 Å². The second-order valence-corrected chi connectivity index (χ2v) is 5.48. The van der Waals surface area contributed by atoms with Crippen LogP contribution in [-0.2, 0) is 6.42 Å². The summed E-state index contributed by atoms with van der Waals surface area (Å²) in [5.74, 6) is 1.74. The minimum atomic E-state index is 0.655. The Morgan fingerprint density at radius 1 is 1.19 bits per heavy atom. The molecule has 1 aliphatic rings. The molecule has 0 amide bonds. The van der Waals surface area contributed by atoms with Crippen molar-refractivity contribution in [1.29, 1.82) is 0 Å². The van der Waals surface area contributed by atoms with Crippen molar-refractivity contribution in [2.75, 3.05) is 13.1 Å². The molecular weight excluding hydrogens is 262 g/mol. The lowest BCUT2D eigenvalue weighted by atomic mass is 10.0. The minimum Gasteiger partial charge on any atom is -0.316 e. The summed E-state index contributed by atoms with van der Waals surface area (Å²) in [7, 11) is 0. The van der Waals surface area contributed by atoms with Gasteiger partial charge >= 0.3 is 0 Å². The van der Waals surface area contributed by atoms with E-state index in [-0.39, 0.29) is 0 Å². The number of fused-ring (bicyclic) bond motifs is 1. The Morgan fingerprint density at radius 2 is 2.10 bits per heavy atom. The van der Waals surface area contributed by atoms with Crippen LogP contribution >= 0.6 is 0 Å². The van der Waals surface area contributed by atoms with Crippen molar-refractivity contribution in [1.82, 2.24) is 24.8 Å². The summed E-state index contributed by atoms with van der Waals surface area (Å²) in [6.45, 7) is 2.19. The summed E-state index contributed by atoms with van der Waals surface area (Å²) in [6.07, 6.45) is 7.64. The van der Waals surface area contributed by atoms with E-state index in [0.717, 1.165) is 42.2 Å². The van der Waals surface area contributed by atoms with E-state index in [1.54, 1.807) is 0 Å². The van der Waals surface area contributed by atoms with Crippen molar-refractivity contribution in [3.05, 3.63) is 48.7 Å². The average Bonchev–Trinajstić information content (AvgIpc) is 3.15. The SMILES string of the molecule is c1cnc2c(c1)nc(CC1CCNC1)n2-c1ccncc1. The van der Waals surface area contributed by atoms with Gasteiger partial charge in [-0.3, -0.25) is 9.55 Å². The van der Waals surface area contributed by atoms with Crippen LogP contribution in [0, 0.1) is 5.92 Å². The van der Waals surface area contributed by atoms with E-state index in [9.17, 15) is 0 Å². The first-order valence-corrected chi connectivity index (χ1v) is 7.35. The molecule has 5 nitrogen and oxygen atoms in total. The van der Waals surface area contributed by atoms with E-state index in [1.807, 2.05) is 42.9 Å². The molecule has 0 spiro atoms. The van der Waals surface area contributed by atoms with E-state index in [2.05, 4.69) is 19.9 Å². The number of rotatable bonds is 3. The zero-order chi connectivity index (χ0) is 14.1. The van der Waals surface area contributed by atoms with E-state index in [4.69, 9.17) is 4.98 Å². The largest absolute Gasteiger partial charge is 0.316 e. The predicted molar refractivity (Wildman–Crippen MR) is 81.3 cm³/mol. The summed E-state index contributed by atoms with van der Waals surface area (Å²) in [5, 5.41) is 3.42. The highest BCUT2D eigenvalue weighted by Gasteiger charge is 2.20. The van der Waals surface area contributed by atoms with Gasteiger partial charge < -0.3 is 5.32 Å². The van der Waals surface area contributed by atoms with Crippen LogP contribution in [0.2, 0.25) is 0 Å². The molecule has 1 fully saturated rings. The fraction of sp³-hybridized carbons (Fsp3) is 0.312. The van der Waals surface area contributed by atoms with E-state index in [0.29, 0.717) is 5.92 Å². The molecule has 1 aliphatic heterocycles. The molecule has 106 valence electrons. The molecule has 1 N–H and O–H groups in total. The van der Waals surface area contributed by atoms with Crippen LogP contribution in [0.4, 0.5) is 0 Å². The van der Waals surface area contributed by atoms with Gasteiger partial charge in [-0.1, -0.05) is 0 Å². The first-order valence-electron chi connectivity index (χ1n) is 7.35. The number of pyridine rings is 2. The second-order valence-electron chi connectivity index (χ2n) is 5.48. The van der Waals surface area contributed by atoms with Gasteiger partial charge in [-0.15, -0.1) is 0 Å². The Balaban J connectivity index is 1.84. The molecule has 1 saturated heterocycles. The molecule has 4 rings (SSSR count). The topological polar surface area (TPSA) is 55.6 Å². The highest BCUT2D eigenvalue weighted by Crippen LogP contribution is 2.23. The highest BCUT2D eigenvalue weighted by atomic mass is 15.1. The molecule has 3 aromatic rings. The van der Waals surface area contributed by atoms with Gasteiger partial charge in [0.05, 0.1) is 5.69 Å². The smallest absolute Gasteiger partial charge is 0.164 e. The number of hydrogen-bond donors (Lipinski definition) is 1. The third-order valence-corrected chi connectivity index (χ3v) is 4.04. The van der Waals surface area contributed by atoms with Crippen molar-refractivity contribution < 1.29 is 0 Å². The molecule has 3 aromatic heterocycles. The summed E-state index contributed by atoms with van der Waals surface area (Å²) >= 11 is 0. The molecule has 0 radical (unpaired) electrons. The predicted octanol–water partition coefficient (Wildman–Crippen LogP) is 1.97. The fourth-order valence-corrected chi connectivity index (χ4v) is 3.01. The monoisotopic (exact) mass is 279 g/mol. The highest BCUT2D eigenvalue weighted by molar-refractivity contribution is 5.73. The first kappa shape index (κ1) is 12.5. The number of hydrogen-bond acceptors (Lipinski definition) is 4. The van der Waals surface area contributed by atoms with E-state index >= 15 is 0 Å². The normalized spacial score (nSPS) is 18.4. The maximum atomic E-state index is 4.80. The van der Waals surface area contributed by atoms with E-state index < -0.39 is 0 Å². The van der Waals surface area contributed by atoms with Crippen molar-refractivity contribution in [3.63, 3.8) is 0 Å². The molecule has 0 bridgehead atoms. The molecule has 4 heterocycles. The summed E-state index contributed by atoms with van der Waals surface area (Å²) < 4.78 is 2.16. The van der Waals surface area contributed by atoms with Gasteiger partial charge in [-0.2, -0.15) is 0 Å². The average molecular weight is 279 g/mol. The van der Waals surface area contributed by atoms with Crippen LogP contribution in [-0.4, -0.2) is 32.6 Å². The van der Waals surface area contributed by atoms with Gasteiger partial charge in [-0.05, 0) is 49.7 Å². The number of nitrogens with one attached hydrogen (secondary N) is 1. The Kier molecular flexibility index (Phi) is 3.12. The fourth-order valence-electron chi connectivity index (χ4n) is 3.01. The third-order valence-electron chi connectivity index (χ3n) is 4.04. The maximum Gasteiger partial charge on any atom is 0.164 e. The van der Waals surface area contributed by atoms with Gasteiger partial charge in [0.2, 0.25) is 0 Å². The van der Waals surface area contributed by atoms with E-state index in [1.165, 1.54) is 6.42 Å². The number of nitrogens with zero attached hydrogens (tertiary/aromatic N) is 4. The Hall–Kier alpha value is -2.27. The first-order chi connectivity index (χ1) is 10.4. The molecule has 0 aliphatic carbocycles. The van der Waals surface area contributed by atoms with Crippen molar-refractivity contribution in [3.8, 4) is 5.69 Å². The van der Waals surface area contributed by atoms with Crippen LogP contribution < -0.4 is 5.32 Å². The lowest BCUT2D eigenvalue weighted by Crippen LogP contribution is -2.13. The Bertz CT molecular complexity index is 744. The Labute approximate surface area is 123 Å². The van der Waals surface area contributed by atoms with Gasteiger partial charge in [0.15, 0.2) is 5.65 Å². The molecular formula is C16H17N5. The van der Waals surface area contributed by atoms with Crippen LogP contribution in [0.1, 0.15) is 12.2 Å². The zero-order valence-corrected chi connectivity index (χ0v) is 11.7. The number of imidazole rings is 1.